The van der Waals surface area contributed by atoms with E-state index in [2.05, 4.69) is 0 Å². The molecule has 106 valence electrons. The molecule has 0 bridgehead atoms. The SMILES string of the molecule is CN(CC1CCCCC1)C(=O)C(C)(C)C(C)(C)N. The lowest BCUT2D eigenvalue weighted by Gasteiger charge is -2.40. The number of hydrogen-bond acceptors (Lipinski definition) is 2. The lowest BCUT2D eigenvalue weighted by Crippen LogP contribution is -2.56. The van der Waals surface area contributed by atoms with Crippen LogP contribution in [0.2, 0.25) is 0 Å². The van der Waals surface area contributed by atoms with E-state index in [1.54, 1.807) is 0 Å². The maximum Gasteiger partial charge on any atom is 0.229 e. The highest BCUT2D eigenvalue weighted by Crippen LogP contribution is 2.31. The van der Waals surface area contributed by atoms with Gasteiger partial charge in [-0.05, 0) is 46.5 Å². The molecule has 1 amide bonds. The van der Waals surface area contributed by atoms with Crippen LogP contribution in [0.5, 0.6) is 0 Å². The van der Waals surface area contributed by atoms with Crippen molar-refractivity contribution in [1.82, 2.24) is 4.90 Å². The summed E-state index contributed by atoms with van der Waals surface area (Å²) in [7, 11) is 1.92. The number of carbonyl (C=O) groups excluding carboxylic acids is 1. The van der Waals surface area contributed by atoms with Gasteiger partial charge in [-0.1, -0.05) is 19.3 Å². The fourth-order valence-corrected chi connectivity index (χ4v) is 2.59. The van der Waals surface area contributed by atoms with Crippen LogP contribution in [0.3, 0.4) is 0 Å². The highest BCUT2D eigenvalue weighted by Gasteiger charge is 2.42. The number of carbonyl (C=O) groups is 1. The Bertz CT molecular complexity index is 285. The van der Waals surface area contributed by atoms with Crippen molar-refractivity contribution >= 4 is 5.91 Å². The van der Waals surface area contributed by atoms with Crippen LogP contribution in [-0.4, -0.2) is 29.9 Å². The summed E-state index contributed by atoms with van der Waals surface area (Å²) in [5, 5.41) is 0. The van der Waals surface area contributed by atoms with Crippen LogP contribution >= 0.6 is 0 Å². The first-order valence-electron chi connectivity index (χ1n) is 7.20. The molecule has 0 atom stereocenters. The molecule has 0 aromatic rings. The van der Waals surface area contributed by atoms with Crippen LogP contribution in [0.25, 0.3) is 0 Å². The molecule has 1 rings (SSSR count). The van der Waals surface area contributed by atoms with Gasteiger partial charge < -0.3 is 10.6 Å². The molecule has 1 aliphatic rings. The minimum atomic E-state index is -0.517. The first-order valence-corrected chi connectivity index (χ1v) is 7.20. The van der Waals surface area contributed by atoms with Crippen molar-refractivity contribution in [2.45, 2.75) is 65.3 Å². The summed E-state index contributed by atoms with van der Waals surface area (Å²) in [5.41, 5.74) is 5.13. The standard InChI is InChI=1S/C15H30N2O/c1-14(2,15(3,4)16)13(18)17(5)11-12-9-7-6-8-10-12/h12H,6-11,16H2,1-5H3. The molecule has 1 aliphatic carbocycles. The van der Waals surface area contributed by atoms with Gasteiger partial charge in [0.05, 0.1) is 5.41 Å². The molecule has 0 heterocycles. The van der Waals surface area contributed by atoms with Crippen molar-refractivity contribution in [1.29, 1.82) is 0 Å². The third kappa shape index (κ3) is 3.47. The Morgan fingerprint density at radius 2 is 1.67 bits per heavy atom. The normalized spacial score (nSPS) is 18.8. The lowest BCUT2D eigenvalue weighted by atomic mass is 9.74. The zero-order valence-electron chi connectivity index (χ0n) is 12.8. The minimum absolute atomic E-state index is 0.167. The van der Waals surface area contributed by atoms with Gasteiger partial charge in [0.2, 0.25) is 5.91 Å². The van der Waals surface area contributed by atoms with Crippen molar-refractivity contribution in [3.8, 4) is 0 Å². The smallest absolute Gasteiger partial charge is 0.229 e. The topological polar surface area (TPSA) is 46.3 Å². The second-order valence-corrected chi connectivity index (χ2v) is 7.04. The van der Waals surface area contributed by atoms with Gasteiger partial charge in [0, 0.05) is 19.1 Å². The molecular formula is C15H30N2O. The summed E-state index contributed by atoms with van der Waals surface area (Å²) in [4.78, 5) is 14.4. The second-order valence-electron chi connectivity index (χ2n) is 7.04. The van der Waals surface area contributed by atoms with E-state index >= 15 is 0 Å². The molecule has 0 spiro atoms. The highest BCUT2D eigenvalue weighted by atomic mass is 16.2. The Morgan fingerprint density at radius 3 is 2.11 bits per heavy atom. The first kappa shape index (κ1) is 15.5. The van der Waals surface area contributed by atoms with Gasteiger partial charge in [-0.3, -0.25) is 4.79 Å². The maximum atomic E-state index is 12.5. The van der Waals surface area contributed by atoms with E-state index in [-0.39, 0.29) is 5.91 Å². The molecule has 2 N–H and O–H groups in total. The van der Waals surface area contributed by atoms with Crippen molar-refractivity contribution in [2.75, 3.05) is 13.6 Å². The molecule has 0 aliphatic heterocycles. The van der Waals surface area contributed by atoms with E-state index in [1.807, 2.05) is 39.6 Å². The average Bonchev–Trinajstić information content (AvgIpc) is 2.27. The van der Waals surface area contributed by atoms with Crippen molar-refractivity contribution in [3.63, 3.8) is 0 Å². The fourth-order valence-electron chi connectivity index (χ4n) is 2.59. The molecule has 18 heavy (non-hydrogen) atoms. The average molecular weight is 254 g/mol. The summed E-state index contributed by atoms with van der Waals surface area (Å²) in [6.07, 6.45) is 6.53. The highest BCUT2D eigenvalue weighted by molar-refractivity contribution is 5.83. The third-order valence-corrected chi connectivity index (χ3v) is 4.75. The van der Waals surface area contributed by atoms with Crippen LogP contribution < -0.4 is 5.73 Å². The van der Waals surface area contributed by atoms with Crippen LogP contribution in [0.4, 0.5) is 0 Å². The van der Waals surface area contributed by atoms with Gasteiger partial charge in [-0.2, -0.15) is 0 Å². The van der Waals surface area contributed by atoms with Gasteiger partial charge in [-0.25, -0.2) is 0 Å². The number of nitrogens with zero attached hydrogens (tertiary/aromatic N) is 1. The Labute approximate surface area is 112 Å². The Morgan fingerprint density at radius 1 is 1.17 bits per heavy atom. The summed E-state index contributed by atoms with van der Waals surface area (Å²) in [5.74, 6) is 0.852. The Kier molecular flexibility index (Phi) is 4.82. The summed E-state index contributed by atoms with van der Waals surface area (Å²) < 4.78 is 0. The molecule has 0 unspecified atom stereocenters. The van der Waals surface area contributed by atoms with E-state index in [0.717, 1.165) is 6.54 Å². The van der Waals surface area contributed by atoms with Crippen molar-refractivity contribution < 1.29 is 4.79 Å². The predicted molar refractivity (Wildman–Crippen MR) is 76.3 cm³/mol. The lowest BCUT2D eigenvalue weighted by molar-refractivity contribution is -0.142. The zero-order valence-corrected chi connectivity index (χ0v) is 12.8. The van der Waals surface area contributed by atoms with E-state index in [9.17, 15) is 4.79 Å². The largest absolute Gasteiger partial charge is 0.345 e. The molecule has 0 aromatic carbocycles. The van der Waals surface area contributed by atoms with Crippen LogP contribution in [0.15, 0.2) is 0 Å². The van der Waals surface area contributed by atoms with Crippen LogP contribution in [-0.2, 0) is 4.79 Å². The van der Waals surface area contributed by atoms with Crippen LogP contribution in [0, 0.1) is 11.3 Å². The fraction of sp³-hybridized carbons (Fsp3) is 0.933. The number of rotatable bonds is 4. The van der Waals surface area contributed by atoms with E-state index in [1.165, 1.54) is 32.1 Å². The summed E-state index contributed by atoms with van der Waals surface area (Å²) in [6.45, 7) is 8.65. The molecule has 1 fully saturated rings. The van der Waals surface area contributed by atoms with Gasteiger partial charge in [0.25, 0.3) is 0 Å². The predicted octanol–water partition coefficient (Wildman–Crippen LogP) is 2.79. The quantitative estimate of drug-likeness (QED) is 0.838. The van der Waals surface area contributed by atoms with Crippen molar-refractivity contribution in [2.24, 2.45) is 17.1 Å². The van der Waals surface area contributed by atoms with E-state index < -0.39 is 11.0 Å². The van der Waals surface area contributed by atoms with Gasteiger partial charge in [0.15, 0.2) is 0 Å². The minimum Gasteiger partial charge on any atom is -0.345 e. The van der Waals surface area contributed by atoms with Crippen molar-refractivity contribution in [3.05, 3.63) is 0 Å². The third-order valence-electron chi connectivity index (χ3n) is 4.75. The number of hydrogen-bond donors (Lipinski definition) is 1. The number of amides is 1. The first-order chi connectivity index (χ1) is 8.16. The van der Waals surface area contributed by atoms with E-state index in [4.69, 9.17) is 5.73 Å². The molecule has 3 heteroatoms. The van der Waals surface area contributed by atoms with Gasteiger partial charge in [-0.15, -0.1) is 0 Å². The number of nitrogens with two attached hydrogens (primary N) is 1. The monoisotopic (exact) mass is 254 g/mol. The maximum absolute atomic E-state index is 12.5. The molecular weight excluding hydrogens is 224 g/mol. The summed E-state index contributed by atoms with van der Waals surface area (Å²) >= 11 is 0. The van der Waals surface area contributed by atoms with Crippen LogP contribution in [0.1, 0.15) is 59.8 Å². The zero-order chi connectivity index (χ0) is 14.0. The van der Waals surface area contributed by atoms with E-state index in [0.29, 0.717) is 5.92 Å². The molecule has 0 saturated heterocycles. The molecule has 0 radical (unpaired) electrons. The Hall–Kier alpha value is -0.570. The summed E-state index contributed by atoms with van der Waals surface area (Å²) in [6, 6.07) is 0. The molecule has 3 nitrogen and oxygen atoms in total. The second kappa shape index (κ2) is 5.60. The Balaban J connectivity index is 2.60. The van der Waals surface area contributed by atoms with Gasteiger partial charge in [0.1, 0.15) is 0 Å². The molecule has 1 saturated carbocycles. The molecule has 0 aromatic heterocycles. The van der Waals surface area contributed by atoms with Gasteiger partial charge >= 0.3 is 0 Å².